The van der Waals surface area contributed by atoms with Crippen LogP contribution in [0, 0.1) is 12.3 Å². The topological polar surface area (TPSA) is 95.2 Å². The van der Waals surface area contributed by atoms with Crippen LogP contribution in [0.15, 0.2) is 11.1 Å². The number of nitrogens with zero attached hydrogens (tertiary/aromatic N) is 2. The average Bonchev–Trinajstić information content (AvgIpc) is 2.98. The number of sulfonamides is 1. The normalized spacial score (nSPS) is 23.1. The van der Waals surface area contributed by atoms with Gasteiger partial charge in [0.2, 0.25) is 15.9 Å². The Bertz CT molecular complexity index is 629. The SMILES string of the molecule is Cc1[nH]ncc1S(=O)(=O)N1CCC2(CC1)CNC(=O)C2. The van der Waals surface area contributed by atoms with Crippen LogP contribution < -0.4 is 5.32 Å². The highest BCUT2D eigenvalue weighted by molar-refractivity contribution is 7.89. The zero-order valence-corrected chi connectivity index (χ0v) is 12.2. The smallest absolute Gasteiger partial charge is 0.246 e. The molecule has 0 aromatic carbocycles. The maximum absolute atomic E-state index is 12.5. The Morgan fingerprint density at radius 2 is 2.05 bits per heavy atom. The summed E-state index contributed by atoms with van der Waals surface area (Å²) in [6.07, 6.45) is 3.32. The summed E-state index contributed by atoms with van der Waals surface area (Å²) < 4.78 is 26.5. The predicted molar refractivity (Wildman–Crippen MR) is 71.4 cm³/mol. The number of aromatic amines is 1. The van der Waals surface area contributed by atoms with E-state index in [9.17, 15) is 13.2 Å². The number of aromatic nitrogens is 2. The molecule has 7 nitrogen and oxygen atoms in total. The van der Waals surface area contributed by atoms with Crippen molar-refractivity contribution in [3.05, 3.63) is 11.9 Å². The van der Waals surface area contributed by atoms with Crippen molar-refractivity contribution < 1.29 is 13.2 Å². The Kier molecular flexibility index (Phi) is 3.09. The van der Waals surface area contributed by atoms with Crippen molar-refractivity contribution in [2.45, 2.75) is 31.1 Å². The first-order valence-corrected chi connectivity index (χ1v) is 8.14. The molecule has 3 heterocycles. The van der Waals surface area contributed by atoms with Gasteiger partial charge in [-0.1, -0.05) is 0 Å². The summed E-state index contributed by atoms with van der Waals surface area (Å²) >= 11 is 0. The lowest BCUT2D eigenvalue weighted by Crippen LogP contribution is -2.44. The van der Waals surface area contributed by atoms with Gasteiger partial charge in [0.25, 0.3) is 0 Å². The summed E-state index contributed by atoms with van der Waals surface area (Å²) in [7, 11) is -3.47. The molecule has 0 aliphatic carbocycles. The van der Waals surface area contributed by atoms with E-state index in [0.717, 1.165) is 12.8 Å². The summed E-state index contributed by atoms with van der Waals surface area (Å²) in [6, 6.07) is 0. The predicted octanol–water partition coefficient (Wildman–Crippen LogP) is 0.00892. The molecule has 1 amide bonds. The number of H-pyrrole nitrogens is 1. The highest BCUT2D eigenvalue weighted by Gasteiger charge is 2.43. The molecule has 0 saturated carbocycles. The van der Waals surface area contributed by atoms with Crippen LogP contribution >= 0.6 is 0 Å². The first-order chi connectivity index (χ1) is 9.43. The van der Waals surface area contributed by atoms with Gasteiger partial charge in [0.05, 0.1) is 11.9 Å². The number of amides is 1. The zero-order chi connectivity index (χ0) is 14.4. The van der Waals surface area contributed by atoms with Crippen molar-refractivity contribution in [1.82, 2.24) is 19.8 Å². The maximum atomic E-state index is 12.5. The second kappa shape index (κ2) is 4.56. The van der Waals surface area contributed by atoms with Crippen LogP contribution in [0.4, 0.5) is 0 Å². The van der Waals surface area contributed by atoms with Crippen molar-refractivity contribution in [3.8, 4) is 0 Å². The second-order valence-electron chi connectivity index (χ2n) is 5.72. The Morgan fingerprint density at radius 3 is 2.55 bits per heavy atom. The summed E-state index contributed by atoms with van der Waals surface area (Å²) in [5.74, 6) is 0.0759. The van der Waals surface area contributed by atoms with Crippen LogP contribution in [0.3, 0.4) is 0 Å². The van der Waals surface area contributed by atoms with Gasteiger partial charge < -0.3 is 5.32 Å². The van der Waals surface area contributed by atoms with Gasteiger partial charge in [-0.2, -0.15) is 9.40 Å². The number of carbonyl (C=O) groups is 1. The summed E-state index contributed by atoms with van der Waals surface area (Å²) in [6.45, 7) is 3.29. The minimum atomic E-state index is -3.47. The van der Waals surface area contributed by atoms with Crippen molar-refractivity contribution in [1.29, 1.82) is 0 Å². The van der Waals surface area contributed by atoms with Gasteiger partial charge in [0.15, 0.2) is 0 Å². The van der Waals surface area contributed by atoms with Crippen molar-refractivity contribution in [2.24, 2.45) is 5.41 Å². The quantitative estimate of drug-likeness (QED) is 0.804. The van der Waals surface area contributed by atoms with Crippen molar-refractivity contribution in [3.63, 3.8) is 0 Å². The van der Waals surface area contributed by atoms with Gasteiger partial charge in [-0.3, -0.25) is 9.89 Å². The molecule has 1 aromatic rings. The molecule has 110 valence electrons. The highest BCUT2D eigenvalue weighted by atomic mass is 32.2. The molecule has 20 heavy (non-hydrogen) atoms. The third kappa shape index (κ3) is 2.12. The summed E-state index contributed by atoms with van der Waals surface area (Å²) in [5, 5.41) is 9.28. The lowest BCUT2D eigenvalue weighted by molar-refractivity contribution is -0.119. The molecule has 2 aliphatic heterocycles. The number of hydrogen-bond acceptors (Lipinski definition) is 4. The van der Waals surface area contributed by atoms with Gasteiger partial charge in [0, 0.05) is 26.1 Å². The zero-order valence-electron chi connectivity index (χ0n) is 11.3. The number of aryl methyl sites for hydroxylation is 1. The van der Waals surface area contributed by atoms with Crippen LogP contribution in [0.25, 0.3) is 0 Å². The molecular formula is C12H18N4O3S. The molecule has 0 bridgehead atoms. The minimum Gasteiger partial charge on any atom is -0.356 e. The second-order valence-corrected chi connectivity index (χ2v) is 7.62. The number of carbonyl (C=O) groups excluding carboxylic acids is 1. The molecule has 0 atom stereocenters. The molecule has 1 aromatic heterocycles. The van der Waals surface area contributed by atoms with E-state index in [1.54, 1.807) is 6.92 Å². The molecule has 8 heteroatoms. The summed E-state index contributed by atoms with van der Waals surface area (Å²) in [4.78, 5) is 11.6. The number of nitrogens with one attached hydrogen (secondary N) is 2. The van der Waals surface area contributed by atoms with E-state index in [4.69, 9.17) is 0 Å². The third-order valence-corrected chi connectivity index (χ3v) is 6.39. The fourth-order valence-corrected chi connectivity index (χ4v) is 4.60. The van der Waals surface area contributed by atoms with Gasteiger partial charge in [-0.05, 0) is 25.2 Å². The molecule has 2 fully saturated rings. The Hall–Kier alpha value is -1.41. The molecule has 1 spiro atoms. The minimum absolute atomic E-state index is 0.0471. The van der Waals surface area contributed by atoms with Crippen LogP contribution in [0.5, 0.6) is 0 Å². The maximum Gasteiger partial charge on any atom is 0.246 e. The van der Waals surface area contributed by atoms with Crippen LogP contribution in [-0.4, -0.2) is 48.5 Å². The number of rotatable bonds is 2. The molecular weight excluding hydrogens is 280 g/mol. The average molecular weight is 298 g/mol. The molecule has 3 rings (SSSR count). The van der Waals surface area contributed by atoms with Crippen LogP contribution in [0.2, 0.25) is 0 Å². The molecule has 2 N–H and O–H groups in total. The lowest BCUT2D eigenvalue weighted by atomic mass is 9.78. The molecule has 0 unspecified atom stereocenters. The van der Waals surface area contributed by atoms with Crippen molar-refractivity contribution in [2.75, 3.05) is 19.6 Å². The standard InChI is InChI=1S/C12H18N4O3S/c1-9-10(7-14-15-9)20(18,19)16-4-2-12(3-5-16)6-11(17)13-8-12/h7H,2-6,8H2,1H3,(H,13,17)(H,14,15). The number of piperidine rings is 1. The van der Waals surface area contributed by atoms with E-state index >= 15 is 0 Å². The van der Waals surface area contributed by atoms with Crippen molar-refractivity contribution >= 4 is 15.9 Å². The van der Waals surface area contributed by atoms with Gasteiger partial charge in [0.1, 0.15) is 4.90 Å². The van der Waals surface area contributed by atoms with E-state index in [2.05, 4.69) is 15.5 Å². The van der Waals surface area contributed by atoms with E-state index in [1.165, 1.54) is 10.5 Å². The van der Waals surface area contributed by atoms with E-state index in [-0.39, 0.29) is 16.2 Å². The third-order valence-electron chi connectivity index (χ3n) is 4.38. The van der Waals surface area contributed by atoms with Crippen LogP contribution in [-0.2, 0) is 14.8 Å². The summed E-state index contributed by atoms with van der Waals surface area (Å²) in [5.41, 5.74) is 0.511. The van der Waals surface area contributed by atoms with E-state index in [1.807, 2.05) is 0 Å². The Morgan fingerprint density at radius 1 is 1.35 bits per heavy atom. The number of hydrogen-bond donors (Lipinski definition) is 2. The van der Waals surface area contributed by atoms with E-state index < -0.39 is 10.0 Å². The monoisotopic (exact) mass is 298 g/mol. The van der Waals surface area contributed by atoms with E-state index in [0.29, 0.717) is 31.7 Å². The lowest BCUT2D eigenvalue weighted by Gasteiger charge is -2.37. The fraction of sp³-hybridized carbons (Fsp3) is 0.667. The molecule has 2 aliphatic rings. The largest absolute Gasteiger partial charge is 0.356 e. The Balaban J connectivity index is 1.75. The van der Waals surface area contributed by atoms with Gasteiger partial charge in [-0.15, -0.1) is 0 Å². The molecule has 0 radical (unpaired) electrons. The first-order valence-electron chi connectivity index (χ1n) is 6.70. The highest BCUT2D eigenvalue weighted by Crippen LogP contribution is 2.38. The van der Waals surface area contributed by atoms with Gasteiger partial charge >= 0.3 is 0 Å². The molecule has 2 saturated heterocycles. The fourth-order valence-electron chi connectivity index (χ4n) is 3.04. The first kappa shape index (κ1) is 13.6. The van der Waals surface area contributed by atoms with Gasteiger partial charge in [-0.25, -0.2) is 8.42 Å². The van der Waals surface area contributed by atoms with Crippen LogP contribution in [0.1, 0.15) is 25.0 Å². The Labute approximate surface area is 117 Å².